The molecule has 1 aliphatic rings. The van der Waals surface area contributed by atoms with Gasteiger partial charge in [0, 0.05) is 5.46 Å². The lowest BCUT2D eigenvalue weighted by atomic mass is 9.80. The van der Waals surface area contributed by atoms with Gasteiger partial charge in [-0.1, -0.05) is 23.7 Å². The number of ether oxygens (including phenoxy) is 1. The average molecular weight is 212 g/mol. The lowest BCUT2D eigenvalue weighted by Crippen LogP contribution is -2.30. The first-order valence-corrected chi connectivity index (χ1v) is 4.87. The average Bonchev–Trinajstić information content (AvgIpc) is 2.92. The molecule has 0 amide bonds. The Bertz CT molecular complexity index is 339. The SMILES string of the molecule is OB(O)c1cccc(OC2CC2)c1Cl. The zero-order chi connectivity index (χ0) is 10.1. The predicted octanol–water partition coefficient (Wildman–Crippen LogP) is 0.561. The van der Waals surface area contributed by atoms with Gasteiger partial charge in [-0.25, -0.2) is 0 Å². The third-order valence-electron chi connectivity index (χ3n) is 2.09. The van der Waals surface area contributed by atoms with Crippen molar-refractivity contribution >= 4 is 24.2 Å². The highest BCUT2D eigenvalue weighted by molar-refractivity contribution is 6.63. The van der Waals surface area contributed by atoms with Gasteiger partial charge in [0.05, 0.1) is 11.1 Å². The Morgan fingerprint density at radius 3 is 2.64 bits per heavy atom. The molecule has 2 rings (SSSR count). The summed E-state index contributed by atoms with van der Waals surface area (Å²) in [5.74, 6) is 0.528. The maximum absolute atomic E-state index is 8.99. The third-order valence-corrected chi connectivity index (χ3v) is 2.49. The van der Waals surface area contributed by atoms with Crippen LogP contribution in [-0.2, 0) is 0 Å². The number of hydrogen-bond acceptors (Lipinski definition) is 3. The van der Waals surface area contributed by atoms with Gasteiger partial charge in [0.25, 0.3) is 0 Å². The largest absolute Gasteiger partial charge is 0.490 e. The zero-order valence-electron chi connectivity index (χ0n) is 7.48. The van der Waals surface area contributed by atoms with Crippen molar-refractivity contribution in [3.8, 4) is 5.75 Å². The lowest BCUT2D eigenvalue weighted by Gasteiger charge is -2.09. The second kappa shape index (κ2) is 3.81. The van der Waals surface area contributed by atoms with E-state index in [0.717, 1.165) is 12.8 Å². The number of rotatable bonds is 3. The normalized spacial score (nSPS) is 15.4. The summed E-state index contributed by atoms with van der Waals surface area (Å²) in [6, 6.07) is 4.98. The van der Waals surface area contributed by atoms with Crippen LogP contribution in [0.1, 0.15) is 12.8 Å². The van der Waals surface area contributed by atoms with Crippen molar-refractivity contribution < 1.29 is 14.8 Å². The molecule has 1 aromatic carbocycles. The Hall–Kier alpha value is -0.705. The van der Waals surface area contributed by atoms with E-state index >= 15 is 0 Å². The summed E-state index contributed by atoms with van der Waals surface area (Å²) in [4.78, 5) is 0. The first kappa shape index (κ1) is 9.83. The number of benzene rings is 1. The molecule has 0 aromatic heterocycles. The fourth-order valence-electron chi connectivity index (χ4n) is 1.18. The van der Waals surface area contributed by atoms with Crippen molar-refractivity contribution in [3.05, 3.63) is 23.2 Å². The fraction of sp³-hybridized carbons (Fsp3) is 0.333. The van der Waals surface area contributed by atoms with Crippen molar-refractivity contribution in [1.82, 2.24) is 0 Å². The van der Waals surface area contributed by atoms with E-state index < -0.39 is 7.12 Å². The lowest BCUT2D eigenvalue weighted by molar-refractivity contribution is 0.303. The van der Waals surface area contributed by atoms with Gasteiger partial charge in [-0.3, -0.25) is 0 Å². The minimum atomic E-state index is -1.55. The minimum Gasteiger partial charge on any atom is -0.489 e. The molecular formula is C9H10BClO3. The van der Waals surface area contributed by atoms with E-state index in [9.17, 15) is 0 Å². The van der Waals surface area contributed by atoms with Crippen LogP contribution in [0.3, 0.4) is 0 Å². The van der Waals surface area contributed by atoms with E-state index in [1.807, 2.05) is 0 Å². The Labute approximate surface area is 87.4 Å². The highest BCUT2D eigenvalue weighted by atomic mass is 35.5. The van der Waals surface area contributed by atoms with Crippen LogP contribution >= 0.6 is 11.6 Å². The molecule has 0 bridgehead atoms. The second-order valence-corrected chi connectivity index (χ2v) is 3.73. The van der Waals surface area contributed by atoms with E-state index in [2.05, 4.69) is 0 Å². The molecule has 0 heterocycles. The Morgan fingerprint density at radius 1 is 1.36 bits per heavy atom. The standard InChI is InChI=1S/C9H10BClO3/c11-9-7(10(12)13)2-1-3-8(9)14-6-4-5-6/h1-3,6,12-13H,4-5H2. The van der Waals surface area contributed by atoms with E-state index in [4.69, 9.17) is 26.4 Å². The van der Waals surface area contributed by atoms with Gasteiger partial charge in [-0.05, 0) is 18.9 Å². The van der Waals surface area contributed by atoms with Crippen LogP contribution in [0.25, 0.3) is 0 Å². The topological polar surface area (TPSA) is 49.7 Å². The molecule has 5 heteroatoms. The molecule has 0 spiro atoms. The summed E-state index contributed by atoms with van der Waals surface area (Å²) in [6.07, 6.45) is 2.34. The highest BCUT2D eigenvalue weighted by Crippen LogP contribution is 2.30. The third kappa shape index (κ3) is 2.03. The van der Waals surface area contributed by atoms with Crippen molar-refractivity contribution in [1.29, 1.82) is 0 Å². The fourth-order valence-corrected chi connectivity index (χ4v) is 1.45. The molecule has 1 aromatic rings. The molecule has 74 valence electrons. The van der Waals surface area contributed by atoms with Gasteiger partial charge < -0.3 is 14.8 Å². The maximum Gasteiger partial charge on any atom is 0.490 e. The summed E-state index contributed by atoms with van der Waals surface area (Å²) >= 11 is 5.93. The molecule has 1 fully saturated rings. The molecular weight excluding hydrogens is 202 g/mol. The molecule has 0 unspecified atom stereocenters. The van der Waals surface area contributed by atoms with Crippen molar-refractivity contribution in [2.45, 2.75) is 18.9 Å². The van der Waals surface area contributed by atoms with Crippen LogP contribution in [0.4, 0.5) is 0 Å². The van der Waals surface area contributed by atoms with Crippen molar-refractivity contribution in [2.75, 3.05) is 0 Å². The van der Waals surface area contributed by atoms with Crippen LogP contribution in [0.2, 0.25) is 5.02 Å². The molecule has 0 radical (unpaired) electrons. The second-order valence-electron chi connectivity index (χ2n) is 3.35. The molecule has 2 N–H and O–H groups in total. The quantitative estimate of drug-likeness (QED) is 0.720. The van der Waals surface area contributed by atoms with Crippen LogP contribution < -0.4 is 10.2 Å². The predicted molar refractivity (Wildman–Crippen MR) is 54.9 cm³/mol. The van der Waals surface area contributed by atoms with E-state index in [1.54, 1.807) is 18.2 Å². The van der Waals surface area contributed by atoms with Gasteiger partial charge in [0.1, 0.15) is 5.75 Å². The molecule has 1 saturated carbocycles. The zero-order valence-corrected chi connectivity index (χ0v) is 8.24. The van der Waals surface area contributed by atoms with Crippen LogP contribution in [0.15, 0.2) is 18.2 Å². The first-order chi connectivity index (χ1) is 6.68. The van der Waals surface area contributed by atoms with Crippen molar-refractivity contribution in [3.63, 3.8) is 0 Å². The number of halogens is 1. The molecule has 0 aliphatic heterocycles. The first-order valence-electron chi connectivity index (χ1n) is 4.49. The molecule has 0 saturated heterocycles. The van der Waals surface area contributed by atoms with Gasteiger partial charge >= 0.3 is 7.12 Å². The summed E-state index contributed by atoms with van der Waals surface area (Å²) in [7, 11) is -1.55. The minimum absolute atomic E-state index is 0.249. The van der Waals surface area contributed by atoms with Crippen LogP contribution in [0, 0.1) is 0 Å². The van der Waals surface area contributed by atoms with E-state index in [-0.39, 0.29) is 16.6 Å². The van der Waals surface area contributed by atoms with Gasteiger partial charge in [0.2, 0.25) is 0 Å². The summed E-state index contributed by atoms with van der Waals surface area (Å²) in [6.45, 7) is 0. The molecule has 3 nitrogen and oxygen atoms in total. The Morgan fingerprint density at radius 2 is 2.07 bits per heavy atom. The van der Waals surface area contributed by atoms with E-state index in [1.165, 1.54) is 0 Å². The maximum atomic E-state index is 8.99. The number of hydrogen-bond donors (Lipinski definition) is 2. The van der Waals surface area contributed by atoms with Gasteiger partial charge in [-0.2, -0.15) is 0 Å². The summed E-state index contributed by atoms with van der Waals surface area (Å²) < 4.78 is 5.49. The van der Waals surface area contributed by atoms with E-state index in [0.29, 0.717) is 5.75 Å². The smallest absolute Gasteiger partial charge is 0.489 e. The summed E-state index contributed by atoms with van der Waals surface area (Å²) in [5, 5.41) is 18.3. The Balaban J connectivity index is 2.25. The monoisotopic (exact) mass is 212 g/mol. The summed E-state index contributed by atoms with van der Waals surface area (Å²) in [5.41, 5.74) is 0.282. The van der Waals surface area contributed by atoms with Crippen LogP contribution in [-0.4, -0.2) is 23.3 Å². The van der Waals surface area contributed by atoms with Gasteiger partial charge in [0.15, 0.2) is 0 Å². The molecule has 14 heavy (non-hydrogen) atoms. The highest BCUT2D eigenvalue weighted by Gasteiger charge is 2.26. The van der Waals surface area contributed by atoms with Gasteiger partial charge in [-0.15, -0.1) is 0 Å². The van der Waals surface area contributed by atoms with Crippen molar-refractivity contribution in [2.24, 2.45) is 0 Å². The Kier molecular flexibility index (Phi) is 2.68. The van der Waals surface area contributed by atoms with Crippen LogP contribution in [0.5, 0.6) is 5.75 Å². The molecule has 1 aliphatic carbocycles. The molecule has 0 atom stereocenters.